The van der Waals surface area contributed by atoms with Gasteiger partial charge < -0.3 is 10.6 Å². The SMILES string of the molecule is CS(=O)c1ccc2c(c1)C(N1CCN(CCO)CC1)Cc1ccccc1S2.Cl.O. The van der Waals surface area contributed by atoms with E-state index in [1.165, 1.54) is 20.9 Å². The average Bonchev–Trinajstić information content (AvgIpc) is 2.85. The standard InChI is InChI=1S/C21H26N2O2S2.ClH.H2O/c1-27(25)17-6-7-21-18(15-17)19(14-16-4-2-3-5-20(16)26-21)23-10-8-22(9-11-23)12-13-24;;/h2-7,15,19,24H,8-14H2,1H3;1H;1H2. The van der Waals surface area contributed by atoms with Gasteiger partial charge in [0.2, 0.25) is 0 Å². The molecule has 0 spiro atoms. The zero-order valence-corrected chi connectivity index (χ0v) is 19.0. The predicted molar refractivity (Wildman–Crippen MR) is 122 cm³/mol. The van der Waals surface area contributed by atoms with Crippen LogP contribution in [-0.4, -0.2) is 70.2 Å². The van der Waals surface area contributed by atoms with Gasteiger partial charge in [0.25, 0.3) is 0 Å². The number of rotatable bonds is 4. The van der Waals surface area contributed by atoms with Crippen LogP contribution in [0.3, 0.4) is 0 Å². The van der Waals surface area contributed by atoms with Crippen LogP contribution in [0.25, 0.3) is 0 Å². The van der Waals surface area contributed by atoms with E-state index in [9.17, 15) is 9.32 Å². The third kappa shape index (κ3) is 5.41. The summed E-state index contributed by atoms with van der Waals surface area (Å²) in [6.07, 6.45) is 2.74. The first-order valence-electron chi connectivity index (χ1n) is 9.46. The summed E-state index contributed by atoms with van der Waals surface area (Å²) >= 11 is 1.83. The number of piperazine rings is 1. The molecule has 2 heterocycles. The first-order valence-corrected chi connectivity index (χ1v) is 11.8. The topological polar surface area (TPSA) is 75.3 Å². The molecule has 4 rings (SSSR count). The Bertz CT molecular complexity index is 844. The summed E-state index contributed by atoms with van der Waals surface area (Å²) in [6.45, 7) is 4.95. The minimum Gasteiger partial charge on any atom is -0.412 e. The first-order chi connectivity index (χ1) is 13.2. The van der Waals surface area contributed by atoms with Gasteiger partial charge in [0.05, 0.1) is 6.61 Å². The number of aliphatic hydroxyl groups is 1. The summed E-state index contributed by atoms with van der Waals surface area (Å²) in [6, 6.07) is 15.3. The maximum atomic E-state index is 12.1. The van der Waals surface area contributed by atoms with Crippen molar-refractivity contribution in [1.29, 1.82) is 0 Å². The van der Waals surface area contributed by atoms with Crippen molar-refractivity contribution in [3.8, 4) is 0 Å². The van der Waals surface area contributed by atoms with Crippen LogP contribution in [0.15, 0.2) is 57.2 Å². The molecule has 0 aromatic heterocycles. The van der Waals surface area contributed by atoms with E-state index in [1.807, 2.05) is 17.8 Å². The quantitative estimate of drug-likeness (QED) is 0.764. The number of β-amino-alcohol motifs (C(OH)–C–C–N with tert-alkyl or cyclic N) is 1. The molecule has 0 amide bonds. The van der Waals surface area contributed by atoms with Crippen LogP contribution in [0.1, 0.15) is 17.2 Å². The van der Waals surface area contributed by atoms with Gasteiger partial charge in [-0.25, -0.2) is 0 Å². The van der Waals surface area contributed by atoms with Gasteiger partial charge in [-0.3, -0.25) is 14.0 Å². The Kier molecular flexibility index (Phi) is 9.15. The summed E-state index contributed by atoms with van der Waals surface area (Å²) in [4.78, 5) is 8.40. The normalized spacial score (nSPS) is 20.4. The molecule has 29 heavy (non-hydrogen) atoms. The van der Waals surface area contributed by atoms with Gasteiger partial charge in [-0.2, -0.15) is 0 Å². The lowest BCUT2D eigenvalue weighted by atomic mass is 9.96. The summed E-state index contributed by atoms with van der Waals surface area (Å²) in [5, 5.41) is 9.21. The third-order valence-electron chi connectivity index (χ3n) is 5.54. The van der Waals surface area contributed by atoms with Gasteiger partial charge in [-0.1, -0.05) is 30.0 Å². The second-order valence-corrected chi connectivity index (χ2v) is 9.65. The van der Waals surface area contributed by atoms with Crippen LogP contribution < -0.4 is 0 Å². The zero-order chi connectivity index (χ0) is 18.8. The van der Waals surface area contributed by atoms with E-state index in [0.717, 1.165) is 44.0 Å². The van der Waals surface area contributed by atoms with Crippen LogP contribution in [0.2, 0.25) is 0 Å². The van der Waals surface area contributed by atoms with Crippen molar-refractivity contribution >= 4 is 35.0 Å². The molecule has 0 bridgehead atoms. The molecule has 0 radical (unpaired) electrons. The summed E-state index contributed by atoms with van der Waals surface area (Å²) in [5.41, 5.74) is 2.69. The number of aliphatic hydroxyl groups excluding tert-OH is 1. The first kappa shape index (κ1) is 24.3. The Balaban J connectivity index is 0.00000150. The summed E-state index contributed by atoms with van der Waals surface area (Å²) in [5.74, 6) is 0. The van der Waals surface area contributed by atoms with Crippen molar-refractivity contribution in [2.75, 3.05) is 45.6 Å². The second kappa shape index (κ2) is 10.9. The van der Waals surface area contributed by atoms with Crippen molar-refractivity contribution in [2.24, 2.45) is 0 Å². The molecule has 160 valence electrons. The van der Waals surface area contributed by atoms with E-state index >= 15 is 0 Å². The lowest BCUT2D eigenvalue weighted by molar-refractivity contribution is 0.0823. The minimum absolute atomic E-state index is 0. The highest BCUT2D eigenvalue weighted by molar-refractivity contribution is 7.99. The molecule has 3 N–H and O–H groups in total. The minimum atomic E-state index is -0.975. The zero-order valence-electron chi connectivity index (χ0n) is 16.5. The molecule has 1 saturated heterocycles. The van der Waals surface area contributed by atoms with Crippen LogP contribution in [-0.2, 0) is 17.2 Å². The van der Waals surface area contributed by atoms with E-state index in [0.29, 0.717) is 6.04 Å². The molecule has 2 aliphatic rings. The fourth-order valence-electron chi connectivity index (χ4n) is 4.03. The molecule has 2 aromatic rings. The molecular weight excluding hydrogens is 428 g/mol. The van der Waals surface area contributed by atoms with Crippen molar-refractivity contribution in [2.45, 2.75) is 27.1 Å². The lowest BCUT2D eigenvalue weighted by Gasteiger charge is -2.39. The maximum Gasteiger partial charge on any atom is 0.0558 e. The number of fused-ring (bicyclic) bond motifs is 2. The Hall–Kier alpha value is -0.930. The highest BCUT2D eigenvalue weighted by atomic mass is 35.5. The molecule has 2 unspecified atom stereocenters. The summed E-state index contributed by atoms with van der Waals surface area (Å²) in [7, 11) is -0.975. The number of halogens is 1. The van der Waals surface area contributed by atoms with Crippen molar-refractivity contribution in [3.63, 3.8) is 0 Å². The Morgan fingerprint density at radius 2 is 1.83 bits per heavy atom. The van der Waals surface area contributed by atoms with Crippen LogP contribution in [0.5, 0.6) is 0 Å². The number of nitrogens with zero attached hydrogens (tertiary/aromatic N) is 2. The Morgan fingerprint density at radius 3 is 2.52 bits per heavy atom. The van der Waals surface area contributed by atoms with E-state index < -0.39 is 10.8 Å². The summed E-state index contributed by atoms with van der Waals surface area (Å²) < 4.78 is 12.1. The van der Waals surface area contributed by atoms with Gasteiger partial charge in [-0.15, -0.1) is 12.4 Å². The fraction of sp³-hybridized carbons (Fsp3) is 0.429. The molecule has 1 fully saturated rings. The van der Waals surface area contributed by atoms with E-state index in [2.05, 4.69) is 46.2 Å². The monoisotopic (exact) mass is 456 g/mol. The predicted octanol–water partition coefficient (Wildman–Crippen LogP) is 2.38. The molecule has 5 nitrogen and oxygen atoms in total. The van der Waals surface area contributed by atoms with E-state index in [4.69, 9.17) is 0 Å². The van der Waals surface area contributed by atoms with Crippen LogP contribution in [0.4, 0.5) is 0 Å². The van der Waals surface area contributed by atoms with Crippen molar-refractivity contribution < 1.29 is 14.8 Å². The Morgan fingerprint density at radius 1 is 1.10 bits per heavy atom. The highest BCUT2D eigenvalue weighted by Gasteiger charge is 2.30. The van der Waals surface area contributed by atoms with Gasteiger partial charge >= 0.3 is 0 Å². The van der Waals surface area contributed by atoms with Crippen molar-refractivity contribution in [1.82, 2.24) is 9.80 Å². The smallest absolute Gasteiger partial charge is 0.0558 e. The van der Waals surface area contributed by atoms with Gasteiger partial charge in [0, 0.05) is 70.5 Å². The van der Waals surface area contributed by atoms with Gasteiger partial charge in [0.15, 0.2) is 0 Å². The molecular formula is C21H29ClN2O3S2. The fourth-order valence-corrected chi connectivity index (χ4v) is 5.70. The molecule has 0 saturated carbocycles. The number of hydrogen-bond donors (Lipinski definition) is 1. The lowest BCUT2D eigenvalue weighted by Crippen LogP contribution is -2.48. The average molecular weight is 457 g/mol. The molecule has 2 aliphatic heterocycles. The van der Waals surface area contributed by atoms with E-state index in [1.54, 1.807) is 6.26 Å². The number of hydrogen-bond acceptors (Lipinski definition) is 5. The Labute approximate surface area is 185 Å². The molecule has 8 heteroatoms. The second-order valence-electron chi connectivity index (χ2n) is 7.18. The van der Waals surface area contributed by atoms with Crippen molar-refractivity contribution in [3.05, 3.63) is 53.6 Å². The van der Waals surface area contributed by atoms with E-state index in [-0.39, 0.29) is 24.5 Å². The molecule has 2 aromatic carbocycles. The van der Waals surface area contributed by atoms with Gasteiger partial charge in [-0.05, 0) is 41.8 Å². The third-order valence-corrected chi connectivity index (χ3v) is 7.67. The maximum absolute atomic E-state index is 12.1. The molecule has 0 aliphatic carbocycles. The molecule has 2 atom stereocenters. The van der Waals surface area contributed by atoms with Gasteiger partial charge in [0.1, 0.15) is 0 Å². The largest absolute Gasteiger partial charge is 0.412 e. The van der Waals surface area contributed by atoms with Crippen LogP contribution in [0, 0.1) is 0 Å². The highest BCUT2D eigenvalue weighted by Crippen LogP contribution is 2.43. The van der Waals surface area contributed by atoms with Crippen LogP contribution >= 0.6 is 24.2 Å². The number of benzene rings is 2.